The Balaban J connectivity index is 1.98. The Morgan fingerprint density at radius 3 is 2.35 bits per heavy atom. The zero-order chi connectivity index (χ0) is 22.5. The molecular weight excluding hydrogens is 400 g/mol. The van der Waals surface area contributed by atoms with Crippen LogP contribution in [-0.2, 0) is 19.1 Å². The minimum atomic E-state index is -1.01. The highest BCUT2D eigenvalue weighted by Crippen LogP contribution is 2.35. The molecular formula is C23H24N2O6. The van der Waals surface area contributed by atoms with Gasteiger partial charge < -0.3 is 19.5 Å². The van der Waals surface area contributed by atoms with E-state index in [1.54, 1.807) is 49.4 Å². The number of rotatable bonds is 6. The van der Waals surface area contributed by atoms with Crippen LogP contribution in [0.25, 0.3) is 0 Å². The summed E-state index contributed by atoms with van der Waals surface area (Å²) >= 11 is 0. The molecule has 162 valence electrons. The molecule has 2 aromatic rings. The van der Waals surface area contributed by atoms with Crippen LogP contribution in [0.2, 0.25) is 0 Å². The second-order valence-corrected chi connectivity index (χ2v) is 6.87. The maximum Gasteiger partial charge on any atom is 0.336 e. The molecule has 31 heavy (non-hydrogen) atoms. The lowest BCUT2D eigenvalue weighted by atomic mass is 9.88. The lowest BCUT2D eigenvalue weighted by Gasteiger charge is -2.33. The molecule has 0 fully saturated rings. The van der Waals surface area contributed by atoms with Gasteiger partial charge >= 0.3 is 5.97 Å². The molecule has 1 heterocycles. The zero-order valence-corrected chi connectivity index (χ0v) is 17.8. The largest absolute Gasteiger partial charge is 0.497 e. The molecule has 2 aromatic carbocycles. The number of carbonyl (C=O) groups is 3. The average molecular weight is 424 g/mol. The van der Waals surface area contributed by atoms with Gasteiger partial charge in [-0.3, -0.25) is 14.5 Å². The third-order valence-electron chi connectivity index (χ3n) is 5.10. The molecule has 8 heteroatoms. The van der Waals surface area contributed by atoms with E-state index >= 15 is 0 Å². The molecule has 3 rings (SSSR count). The lowest BCUT2D eigenvalue weighted by Crippen LogP contribution is -2.43. The molecule has 0 saturated carbocycles. The number of allylic oxidation sites excluding steroid dienone is 1. The van der Waals surface area contributed by atoms with Gasteiger partial charge in [-0.05, 0) is 31.2 Å². The second kappa shape index (κ2) is 9.34. The Hall–Kier alpha value is -3.81. The number of ether oxygens (including phenoxy) is 3. The number of amides is 2. The Kier molecular flexibility index (Phi) is 6.59. The van der Waals surface area contributed by atoms with Gasteiger partial charge in [0, 0.05) is 23.9 Å². The van der Waals surface area contributed by atoms with Gasteiger partial charge in [0.15, 0.2) is 0 Å². The summed E-state index contributed by atoms with van der Waals surface area (Å²) in [5.41, 5.74) is 1.50. The molecule has 1 aliphatic rings. The predicted octanol–water partition coefficient (Wildman–Crippen LogP) is 3.14. The van der Waals surface area contributed by atoms with Gasteiger partial charge in [0.1, 0.15) is 11.5 Å². The minimum Gasteiger partial charge on any atom is -0.497 e. The predicted molar refractivity (Wildman–Crippen MR) is 115 cm³/mol. The van der Waals surface area contributed by atoms with Gasteiger partial charge in [-0.15, -0.1) is 0 Å². The molecule has 0 aliphatic carbocycles. The number of nitrogens with one attached hydrogen (secondary N) is 1. The van der Waals surface area contributed by atoms with E-state index in [9.17, 15) is 14.4 Å². The lowest BCUT2D eigenvalue weighted by molar-refractivity contribution is -0.138. The highest BCUT2D eigenvalue weighted by Gasteiger charge is 2.40. The first-order valence-electron chi connectivity index (χ1n) is 9.61. The van der Waals surface area contributed by atoms with Gasteiger partial charge in [-0.2, -0.15) is 0 Å². The highest BCUT2D eigenvalue weighted by atomic mass is 16.5. The normalized spacial score (nSPS) is 16.1. The van der Waals surface area contributed by atoms with Crippen molar-refractivity contribution in [3.8, 4) is 11.5 Å². The van der Waals surface area contributed by atoms with E-state index in [2.05, 4.69) is 5.32 Å². The smallest absolute Gasteiger partial charge is 0.336 e. The van der Waals surface area contributed by atoms with Gasteiger partial charge in [-0.1, -0.05) is 18.2 Å². The topological polar surface area (TPSA) is 94.2 Å². The van der Waals surface area contributed by atoms with E-state index in [0.29, 0.717) is 28.6 Å². The van der Waals surface area contributed by atoms with Crippen LogP contribution in [0.15, 0.2) is 59.8 Å². The summed E-state index contributed by atoms with van der Waals surface area (Å²) in [5, 5.41) is 2.75. The van der Waals surface area contributed by atoms with Gasteiger partial charge in [0.25, 0.3) is 0 Å². The van der Waals surface area contributed by atoms with E-state index in [1.165, 1.54) is 26.2 Å². The molecule has 8 nitrogen and oxygen atoms in total. The fourth-order valence-electron chi connectivity index (χ4n) is 3.59. The van der Waals surface area contributed by atoms with Crippen molar-refractivity contribution in [3.05, 3.63) is 59.8 Å². The van der Waals surface area contributed by atoms with Crippen molar-refractivity contribution in [2.24, 2.45) is 5.92 Å². The number of esters is 1. The highest BCUT2D eigenvalue weighted by molar-refractivity contribution is 6.10. The standard InChI is InChI=1S/C23H24N2O6/c1-14-21(23(28)31-4)17(13-20(26)25(14)15-8-6-5-7-9-15)22(27)24-18-11-10-16(29-2)12-19(18)30-3/h5-12,17H,13H2,1-4H3,(H,24,27)/t17-/m1/s1. The summed E-state index contributed by atoms with van der Waals surface area (Å²) in [7, 11) is 4.24. The van der Waals surface area contributed by atoms with Crippen LogP contribution in [0.3, 0.4) is 0 Å². The SMILES string of the molecule is COC(=O)C1=C(C)N(c2ccccc2)C(=O)C[C@H]1C(=O)Nc1ccc(OC)cc1OC. The Morgan fingerprint density at radius 1 is 1.03 bits per heavy atom. The first-order chi connectivity index (χ1) is 14.9. The quantitative estimate of drug-likeness (QED) is 0.716. The van der Waals surface area contributed by atoms with E-state index in [0.717, 1.165) is 0 Å². The summed E-state index contributed by atoms with van der Waals surface area (Å²) in [6.07, 6.45) is -0.180. The van der Waals surface area contributed by atoms with Crippen LogP contribution in [0.1, 0.15) is 13.3 Å². The average Bonchev–Trinajstić information content (AvgIpc) is 2.79. The summed E-state index contributed by atoms with van der Waals surface area (Å²) in [5.74, 6) is -1.52. The van der Waals surface area contributed by atoms with Crippen LogP contribution in [0.4, 0.5) is 11.4 Å². The molecule has 0 spiro atoms. The minimum absolute atomic E-state index is 0.135. The number of para-hydroxylation sites is 1. The molecule has 0 aromatic heterocycles. The number of hydrogen-bond acceptors (Lipinski definition) is 6. The van der Waals surface area contributed by atoms with E-state index in [4.69, 9.17) is 14.2 Å². The van der Waals surface area contributed by atoms with Crippen molar-refractivity contribution in [2.75, 3.05) is 31.5 Å². The molecule has 0 unspecified atom stereocenters. The fourth-order valence-corrected chi connectivity index (χ4v) is 3.59. The van der Waals surface area contributed by atoms with Gasteiger partial charge in [0.2, 0.25) is 11.8 Å². The van der Waals surface area contributed by atoms with Crippen molar-refractivity contribution < 1.29 is 28.6 Å². The number of nitrogens with zero attached hydrogens (tertiary/aromatic N) is 1. The van der Waals surface area contributed by atoms with Gasteiger partial charge in [0.05, 0.1) is 38.5 Å². The van der Waals surface area contributed by atoms with Gasteiger partial charge in [-0.25, -0.2) is 4.79 Å². The molecule has 0 saturated heterocycles. The maximum absolute atomic E-state index is 13.1. The summed E-state index contributed by atoms with van der Waals surface area (Å²) < 4.78 is 15.4. The third-order valence-corrected chi connectivity index (χ3v) is 5.10. The summed E-state index contributed by atoms with van der Waals surface area (Å²) in [6, 6.07) is 13.9. The molecule has 1 atom stereocenters. The number of carbonyl (C=O) groups excluding carboxylic acids is 3. The van der Waals surface area contributed by atoms with E-state index < -0.39 is 17.8 Å². The number of anilines is 2. The Morgan fingerprint density at radius 2 is 1.74 bits per heavy atom. The first-order valence-corrected chi connectivity index (χ1v) is 9.61. The molecule has 0 radical (unpaired) electrons. The monoisotopic (exact) mass is 424 g/mol. The second-order valence-electron chi connectivity index (χ2n) is 6.87. The number of hydrogen-bond donors (Lipinski definition) is 1. The van der Waals surface area contributed by atoms with Crippen LogP contribution in [0, 0.1) is 5.92 Å². The molecule has 1 N–H and O–H groups in total. The van der Waals surface area contributed by atoms with Crippen LogP contribution in [0.5, 0.6) is 11.5 Å². The van der Waals surface area contributed by atoms with Crippen molar-refractivity contribution in [1.82, 2.24) is 0 Å². The number of benzene rings is 2. The maximum atomic E-state index is 13.1. The van der Waals surface area contributed by atoms with Crippen LogP contribution in [-0.4, -0.2) is 39.1 Å². The van der Waals surface area contributed by atoms with Crippen molar-refractivity contribution >= 4 is 29.2 Å². The molecule has 0 bridgehead atoms. The number of methoxy groups -OCH3 is 3. The summed E-state index contributed by atoms with van der Waals surface area (Å²) in [4.78, 5) is 40.1. The first kappa shape index (κ1) is 21.9. The Labute approximate surface area is 180 Å². The molecule has 1 aliphatic heterocycles. The summed E-state index contributed by atoms with van der Waals surface area (Å²) in [6.45, 7) is 1.63. The fraction of sp³-hybridized carbons (Fsp3) is 0.261. The zero-order valence-electron chi connectivity index (χ0n) is 17.8. The van der Waals surface area contributed by atoms with E-state index in [1.807, 2.05) is 6.07 Å². The van der Waals surface area contributed by atoms with Crippen molar-refractivity contribution in [1.29, 1.82) is 0 Å². The third kappa shape index (κ3) is 4.37. The van der Waals surface area contributed by atoms with Crippen LogP contribution >= 0.6 is 0 Å². The van der Waals surface area contributed by atoms with E-state index in [-0.39, 0.29) is 17.9 Å². The van der Waals surface area contributed by atoms with Crippen LogP contribution < -0.4 is 19.7 Å². The Bertz CT molecular complexity index is 1030. The van der Waals surface area contributed by atoms with Crippen molar-refractivity contribution in [3.63, 3.8) is 0 Å². The van der Waals surface area contributed by atoms with Crippen molar-refractivity contribution in [2.45, 2.75) is 13.3 Å². The molecule has 2 amide bonds.